The molecule has 0 saturated carbocycles. The van der Waals surface area contributed by atoms with Crippen LogP contribution in [-0.2, 0) is 30.9 Å². The van der Waals surface area contributed by atoms with Gasteiger partial charge in [0, 0.05) is 12.1 Å². The highest BCUT2D eigenvalue weighted by Crippen LogP contribution is 2.32. The van der Waals surface area contributed by atoms with Crippen molar-refractivity contribution in [1.29, 1.82) is 0 Å². The van der Waals surface area contributed by atoms with E-state index >= 15 is 0 Å². The minimum Gasteiger partial charge on any atom is -0.348 e. The molecule has 11 heteroatoms. The predicted octanol–water partition coefficient (Wildman–Crippen LogP) is 1.23. The summed E-state index contributed by atoms with van der Waals surface area (Å²) in [7, 11) is -3.37. The van der Waals surface area contributed by atoms with E-state index in [9.17, 15) is 22.4 Å². The fraction of sp³-hybridized carbons (Fsp3) is 0.450. The van der Waals surface area contributed by atoms with E-state index in [0.29, 0.717) is 29.9 Å². The van der Waals surface area contributed by atoms with E-state index in [-0.39, 0.29) is 17.3 Å². The standard InChI is InChI=1S/C20H26FN5O4S/c1-3-25(4-2)11-5-10-22-19(27)20(28)23-18-16-12-31(29,30)13-17(16)24-26(18)15-8-6-14(21)7-9-15/h6-9H,3-5,10-13H2,1-2H3,(H,22,27)(H,23,28). The van der Waals surface area contributed by atoms with Crippen molar-refractivity contribution in [2.75, 3.05) is 31.5 Å². The van der Waals surface area contributed by atoms with Gasteiger partial charge in [0.1, 0.15) is 11.6 Å². The summed E-state index contributed by atoms with van der Waals surface area (Å²) < 4.78 is 38.6. The summed E-state index contributed by atoms with van der Waals surface area (Å²) in [5, 5.41) is 9.34. The number of benzene rings is 1. The summed E-state index contributed by atoms with van der Waals surface area (Å²) in [4.78, 5) is 26.9. The first-order valence-electron chi connectivity index (χ1n) is 10.1. The second kappa shape index (κ2) is 9.56. The number of aromatic nitrogens is 2. The van der Waals surface area contributed by atoms with Crippen molar-refractivity contribution in [1.82, 2.24) is 20.0 Å². The lowest BCUT2D eigenvalue weighted by Gasteiger charge is -2.17. The van der Waals surface area contributed by atoms with E-state index in [2.05, 4.69) is 34.5 Å². The maximum Gasteiger partial charge on any atom is 0.314 e. The van der Waals surface area contributed by atoms with Crippen LogP contribution in [0.25, 0.3) is 5.69 Å². The Morgan fingerprint density at radius 1 is 1.13 bits per heavy atom. The van der Waals surface area contributed by atoms with Gasteiger partial charge in [-0.25, -0.2) is 17.5 Å². The van der Waals surface area contributed by atoms with Gasteiger partial charge in [-0.05, 0) is 50.3 Å². The van der Waals surface area contributed by atoms with Gasteiger partial charge in [-0.3, -0.25) is 9.59 Å². The first kappa shape index (κ1) is 22.9. The number of hydrogen-bond acceptors (Lipinski definition) is 6. The number of carbonyl (C=O) groups is 2. The largest absolute Gasteiger partial charge is 0.348 e. The number of anilines is 1. The second-order valence-electron chi connectivity index (χ2n) is 7.28. The number of halogens is 1. The predicted molar refractivity (Wildman–Crippen MR) is 114 cm³/mol. The zero-order chi connectivity index (χ0) is 22.6. The van der Waals surface area contributed by atoms with Crippen molar-refractivity contribution in [3.63, 3.8) is 0 Å². The highest BCUT2D eigenvalue weighted by atomic mass is 32.2. The molecule has 1 aromatic carbocycles. The highest BCUT2D eigenvalue weighted by molar-refractivity contribution is 7.90. The number of carbonyl (C=O) groups excluding carboxylic acids is 2. The number of fused-ring (bicyclic) bond motifs is 1. The monoisotopic (exact) mass is 451 g/mol. The summed E-state index contributed by atoms with van der Waals surface area (Å²) in [6.07, 6.45) is 0.696. The van der Waals surface area contributed by atoms with Crippen LogP contribution >= 0.6 is 0 Å². The van der Waals surface area contributed by atoms with Crippen LogP contribution in [0.1, 0.15) is 31.5 Å². The summed E-state index contributed by atoms with van der Waals surface area (Å²) in [6, 6.07) is 5.37. The molecule has 0 unspecified atom stereocenters. The van der Waals surface area contributed by atoms with Gasteiger partial charge in [-0.15, -0.1) is 0 Å². The van der Waals surface area contributed by atoms with Crippen molar-refractivity contribution < 1.29 is 22.4 Å². The zero-order valence-corrected chi connectivity index (χ0v) is 18.3. The lowest BCUT2D eigenvalue weighted by molar-refractivity contribution is -0.136. The molecule has 0 spiro atoms. The Labute approximate surface area is 180 Å². The maximum absolute atomic E-state index is 13.3. The van der Waals surface area contributed by atoms with Crippen molar-refractivity contribution >= 4 is 27.5 Å². The first-order valence-corrected chi connectivity index (χ1v) is 11.9. The third kappa shape index (κ3) is 5.47. The molecule has 31 heavy (non-hydrogen) atoms. The first-order chi connectivity index (χ1) is 14.7. The van der Waals surface area contributed by atoms with E-state index in [1.165, 1.54) is 28.9 Å². The van der Waals surface area contributed by atoms with Crippen LogP contribution in [0.15, 0.2) is 24.3 Å². The second-order valence-corrected chi connectivity index (χ2v) is 9.35. The molecule has 2 heterocycles. The highest BCUT2D eigenvalue weighted by Gasteiger charge is 2.33. The lowest BCUT2D eigenvalue weighted by atomic mass is 10.2. The summed E-state index contributed by atoms with van der Waals surface area (Å²) >= 11 is 0. The van der Waals surface area contributed by atoms with Crippen LogP contribution < -0.4 is 10.6 Å². The molecule has 9 nitrogen and oxygen atoms in total. The number of rotatable bonds is 8. The molecule has 0 radical (unpaired) electrons. The third-order valence-corrected chi connectivity index (χ3v) is 6.57. The maximum atomic E-state index is 13.3. The van der Waals surface area contributed by atoms with E-state index in [0.717, 1.165) is 19.6 Å². The molecule has 168 valence electrons. The Balaban J connectivity index is 1.73. The van der Waals surface area contributed by atoms with Gasteiger partial charge in [0.25, 0.3) is 0 Å². The molecule has 0 atom stereocenters. The van der Waals surface area contributed by atoms with Gasteiger partial charge in [0.2, 0.25) is 0 Å². The Morgan fingerprint density at radius 3 is 2.45 bits per heavy atom. The molecule has 1 aliphatic rings. The van der Waals surface area contributed by atoms with Crippen molar-refractivity contribution in [2.45, 2.75) is 31.8 Å². The fourth-order valence-electron chi connectivity index (χ4n) is 3.43. The number of nitrogens with one attached hydrogen (secondary N) is 2. The zero-order valence-electron chi connectivity index (χ0n) is 17.5. The molecule has 0 aliphatic carbocycles. The van der Waals surface area contributed by atoms with Crippen LogP contribution in [0.3, 0.4) is 0 Å². The van der Waals surface area contributed by atoms with E-state index in [4.69, 9.17) is 0 Å². The summed E-state index contributed by atoms with van der Waals surface area (Å²) in [5.74, 6) is -2.62. The molecular formula is C20H26FN5O4S. The van der Waals surface area contributed by atoms with Crippen LogP contribution in [0.5, 0.6) is 0 Å². The lowest BCUT2D eigenvalue weighted by Crippen LogP contribution is -2.37. The van der Waals surface area contributed by atoms with Crippen LogP contribution in [0.4, 0.5) is 10.2 Å². The summed E-state index contributed by atoms with van der Waals surface area (Å²) in [5.41, 5.74) is 1.08. The smallest absolute Gasteiger partial charge is 0.314 e. The van der Waals surface area contributed by atoms with Gasteiger partial charge in [0.05, 0.1) is 22.9 Å². The normalized spacial score (nSPS) is 14.5. The fourth-order valence-corrected chi connectivity index (χ4v) is 4.92. The number of hydrogen-bond donors (Lipinski definition) is 2. The topological polar surface area (TPSA) is 113 Å². The van der Waals surface area contributed by atoms with Gasteiger partial charge >= 0.3 is 11.8 Å². The Kier molecular flexibility index (Phi) is 7.06. The van der Waals surface area contributed by atoms with E-state index in [1.54, 1.807) is 0 Å². The van der Waals surface area contributed by atoms with Crippen molar-refractivity contribution in [3.05, 3.63) is 41.3 Å². The molecule has 0 bridgehead atoms. The van der Waals surface area contributed by atoms with Crippen molar-refractivity contribution in [2.24, 2.45) is 0 Å². The molecular weight excluding hydrogens is 425 g/mol. The van der Waals surface area contributed by atoms with Crippen molar-refractivity contribution in [3.8, 4) is 5.69 Å². The van der Waals surface area contributed by atoms with E-state index < -0.39 is 27.5 Å². The number of amides is 2. The minimum atomic E-state index is -3.37. The van der Waals surface area contributed by atoms with Gasteiger partial charge in [-0.1, -0.05) is 13.8 Å². The molecule has 1 aliphatic heterocycles. The van der Waals surface area contributed by atoms with Gasteiger partial charge in [0.15, 0.2) is 9.84 Å². The molecule has 3 rings (SSSR count). The Hall–Kier alpha value is -2.79. The molecule has 0 saturated heterocycles. The van der Waals surface area contributed by atoms with E-state index in [1.807, 2.05) is 0 Å². The molecule has 2 amide bonds. The minimum absolute atomic E-state index is 0.103. The molecule has 0 fully saturated rings. The van der Waals surface area contributed by atoms with Crippen LogP contribution in [-0.4, -0.2) is 61.1 Å². The average molecular weight is 452 g/mol. The molecule has 2 aromatic rings. The van der Waals surface area contributed by atoms with Crippen LogP contribution in [0, 0.1) is 5.82 Å². The summed E-state index contributed by atoms with van der Waals surface area (Å²) in [6.45, 7) is 7.07. The number of nitrogens with zero attached hydrogens (tertiary/aromatic N) is 3. The molecule has 2 N–H and O–H groups in total. The van der Waals surface area contributed by atoms with Gasteiger partial charge in [-0.2, -0.15) is 5.10 Å². The Bertz CT molecular complexity index is 1060. The van der Waals surface area contributed by atoms with Gasteiger partial charge < -0.3 is 15.5 Å². The van der Waals surface area contributed by atoms with Crippen LogP contribution in [0.2, 0.25) is 0 Å². The quantitative estimate of drug-likeness (QED) is 0.461. The SMILES string of the molecule is CCN(CC)CCCNC(=O)C(=O)Nc1c2c(nn1-c1ccc(F)cc1)CS(=O)(=O)C2. The Morgan fingerprint density at radius 2 is 1.81 bits per heavy atom. The third-order valence-electron chi connectivity index (χ3n) is 5.13. The average Bonchev–Trinajstić information content (AvgIpc) is 3.20. The molecule has 1 aromatic heterocycles. The number of sulfone groups is 1.